The van der Waals surface area contributed by atoms with Crippen molar-refractivity contribution < 1.29 is 3.63 Å². The molecule has 4 aromatic carbocycles. The summed E-state index contributed by atoms with van der Waals surface area (Å²) in [6, 6.07) is 29.9. The van der Waals surface area contributed by atoms with Gasteiger partial charge in [0.2, 0.25) is 0 Å². The van der Waals surface area contributed by atoms with Crippen molar-refractivity contribution in [1.29, 1.82) is 0 Å². The lowest BCUT2D eigenvalue weighted by atomic mass is 10.1. The Labute approximate surface area is 156 Å². The standard InChI is InChI=1S/C22H18OS2/c1-3-13-21-17(7-1)9-5-11-19(21)15-24-23-25-16-20-12-6-10-18-8-2-4-14-22(18)20/h1-14H,15-16H2. The van der Waals surface area contributed by atoms with Gasteiger partial charge in [-0.3, -0.25) is 0 Å². The first-order valence-corrected chi connectivity index (χ1v) is 10.1. The van der Waals surface area contributed by atoms with Gasteiger partial charge in [-0.2, -0.15) is 0 Å². The van der Waals surface area contributed by atoms with Crippen LogP contribution >= 0.6 is 24.1 Å². The predicted molar refractivity (Wildman–Crippen MR) is 112 cm³/mol. The van der Waals surface area contributed by atoms with E-state index in [1.54, 1.807) is 0 Å². The smallest absolute Gasteiger partial charge is 0.0467 e. The summed E-state index contributed by atoms with van der Waals surface area (Å²) in [4.78, 5) is 0. The summed E-state index contributed by atoms with van der Waals surface area (Å²) < 4.78 is 5.77. The molecule has 124 valence electrons. The van der Waals surface area contributed by atoms with Gasteiger partial charge >= 0.3 is 0 Å². The molecule has 0 radical (unpaired) electrons. The quantitative estimate of drug-likeness (QED) is 0.270. The first-order chi connectivity index (χ1) is 12.4. The van der Waals surface area contributed by atoms with E-state index < -0.39 is 0 Å². The van der Waals surface area contributed by atoms with Gasteiger partial charge in [-0.1, -0.05) is 84.9 Å². The molecule has 3 heteroatoms. The highest BCUT2D eigenvalue weighted by Gasteiger charge is 2.03. The van der Waals surface area contributed by atoms with Gasteiger partial charge in [0.25, 0.3) is 0 Å². The summed E-state index contributed by atoms with van der Waals surface area (Å²) in [5, 5.41) is 5.17. The Morgan fingerprint density at radius 2 is 0.960 bits per heavy atom. The Balaban J connectivity index is 1.35. The SMILES string of the molecule is c1ccc2c(CSOSCc3cccc4ccccc34)cccc2c1. The van der Waals surface area contributed by atoms with E-state index in [0.29, 0.717) is 0 Å². The highest BCUT2D eigenvalue weighted by Crippen LogP contribution is 2.28. The van der Waals surface area contributed by atoms with Gasteiger partial charge in [0.1, 0.15) is 0 Å². The van der Waals surface area contributed by atoms with Gasteiger partial charge < -0.3 is 0 Å². The molecule has 0 aliphatic heterocycles. The first-order valence-electron chi connectivity index (χ1n) is 8.26. The lowest BCUT2D eigenvalue weighted by Gasteiger charge is -2.07. The molecule has 25 heavy (non-hydrogen) atoms. The molecule has 0 amide bonds. The average molecular weight is 363 g/mol. The number of fused-ring (bicyclic) bond motifs is 2. The summed E-state index contributed by atoms with van der Waals surface area (Å²) in [6.45, 7) is 0. The van der Waals surface area contributed by atoms with Crippen molar-refractivity contribution in [2.45, 2.75) is 11.5 Å². The number of benzene rings is 4. The maximum atomic E-state index is 5.77. The molecule has 0 atom stereocenters. The molecular formula is C22H18OS2. The maximum absolute atomic E-state index is 5.77. The van der Waals surface area contributed by atoms with E-state index in [4.69, 9.17) is 3.63 Å². The maximum Gasteiger partial charge on any atom is 0.0467 e. The molecule has 0 fully saturated rings. The first kappa shape index (κ1) is 16.5. The van der Waals surface area contributed by atoms with Crippen LogP contribution in [0.4, 0.5) is 0 Å². The van der Waals surface area contributed by atoms with Crippen molar-refractivity contribution in [1.82, 2.24) is 0 Å². The van der Waals surface area contributed by atoms with Crippen LogP contribution in [0.2, 0.25) is 0 Å². The molecule has 0 aliphatic rings. The number of rotatable bonds is 6. The Kier molecular flexibility index (Phi) is 5.26. The molecule has 0 N–H and O–H groups in total. The topological polar surface area (TPSA) is 9.23 Å². The summed E-state index contributed by atoms with van der Waals surface area (Å²) in [7, 11) is 0. The van der Waals surface area contributed by atoms with Gasteiger partial charge in [-0.15, -0.1) is 0 Å². The third-order valence-corrected chi connectivity index (χ3v) is 5.91. The second-order valence-corrected chi connectivity index (χ2v) is 7.46. The highest BCUT2D eigenvalue weighted by molar-refractivity contribution is 8.07. The van der Waals surface area contributed by atoms with E-state index in [0.717, 1.165) is 11.5 Å². The van der Waals surface area contributed by atoms with Gasteiger partial charge in [-0.05, 0) is 32.7 Å². The van der Waals surface area contributed by atoms with E-state index in [9.17, 15) is 0 Å². The van der Waals surface area contributed by atoms with Gasteiger partial charge in [-0.25, -0.2) is 3.63 Å². The summed E-state index contributed by atoms with van der Waals surface area (Å²) in [5.74, 6) is 1.70. The molecule has 4 aromatic rings. The Hall–Kier alpha value is -1.94. The third-order valence-electron chi connectivity index (χ3n) is 4.28. The van der Waals surface area contributed by atoms with Crippen LogP contribution in [0, 0.1) is 0 Å². The normalized spacial score (nSPS) is 11.2. The minimum absolute atomic E-state index is 0.851. The predicted octanol–water partition coefficient (Wildman–Crippen LogP) is 7.01. The van der Waals surface area contributed by atoms with Crippen LogP contribution in [0.15, 0.2) is 84.9 Å². The second kappa shape index (κ2) is 7.96. The fourth-order valence-electron chi connectivity index (χ4n) is 3.05. The van der Waals surface area contributed by atoms with Crippen LogP contribution in [0.3, 0.4) is 0 Å². The molecule has 4 rings (SSSR count). The zero-order chi connectivity index (χ0) is 16.9. The molecule has 0 spiro atoms. The fraction of sp³-hybridized carbons (Fsp3) is 0.0909. The monoisotopic (exact) mass is 362 g/mol. The van der Waals surface area contributed by atoms with Crippen LogP contribution in [0.25, 0.3) is 21.5 Å². The molecule has 0 heterocycles. The van der Waals surface area contributed by atoms with Crippen LogP contribution in [-0.4, -0.2) is 0 Å². The minimum Gasteiger partial charge on any atom is -0.247 e. The molecule has 0 saturated carbocycles. The molecule has 0 bridgehead atoms. The van der Waals surface area contributed by atoms with Gasteiger partial charge in [0.05, 0.1) is 0 Å². The van der Waals surface area contributed by atoms with Crippen molar-refractivity contribution in [3.8, 4) is 0 Å². The van der Waals surface area contributed by atoms with E-state index in [2.05, 4.69) is 84.9 Å². The van der Waals surface area contributed by atoms with Crippen LogP contribution in [0.1, 0.15) is 11.1 Å². The van der Waals surface area contributed by atoms with Gasteiger partial charge in [0, 0.05) is 35.6 Å². The highest BCUT2D eigenvalue weighted by atomic mass is 32.2. The summed E-state index contributed by atoms with van der Waals surface area (Å²) in [5.41, 5.74) is 2.63. The minimum atomic E-state index is 0.851. The van der Waals surface area contributed by atoms with Crippen molar-refractivity contribution in [2.24, 2.45) is 0 Å². The Morgan fingerprint density at radius 1 is 0.520 bits per heavy atom. The van der Waals surface area contributed by atoms with Crippen molar-refractivity contribution >= 4 is 45.6 Å². The number of hydrogen-bond donors (Lipinski definition) is 0. The summed E-state index contributed by atoms with van der Waals surface area (Å²) in [6.07, 6.45) is 0. The summed E-state index contributed by atoms with van der Waals surface area (Å²) >= 11 is 3.02. The molecule has 0 unspecified atom stereocenters. The van der Waals surface area contributed by atoms with E-state index in [1.807, 2.05) is 0 Å². The van der Waals surface area contributed by atoms with E-state index in [1.165, 1.54) is 56.8 Å². The van der Waals surface area contributed by atoms with Crippen LogP contribution in [0.5, 0.6) is 0 Å². The Morgan fingerprint density at radius 3 is 1.48 bits per heavy atom. The lowest BCUT2D eigenvalue weighted by molar-refractivity contribution is 0.755. The van der Waals surface area contributed by atoms with Crippen molar-refractivity contribution in [3.63, 3.8) is 0 Å². The van der Waals surface area contributed by atoms with E-state index in [-0.39, 0.29) is 0 Å². The number of hydrogen-bond acceptors (Lipinski definition) is 3. The van der Waals surface area contributed by atoms with Crippen LogP contribution in [-0.2, 0) is 15.1 Å². The fourth-order valence-corrected chi connectivity index (χ4v) is 4.46. The molecule has 0 aromatic heterocycles. The van der Waals surface area contributed by atoms with Crippen LogP contribution < -0.4 is 0 Å². The average Bonchev–Trinajstić information content (AvgIpc) is 2.68. The Bertz CT molecular complexity index is 905. The molecular weight excluding hydrogens is 344 g/mol. The second-order valence-electron chi connectivity index (χ2n) is 5.87. The molecule has 0 aliphatic carbocycles. The van der Waals surface area contributed by atoms with Gasteiger partial charge in [0.15, 0.2) is 0 Å². The third kappa shape index (κ3) is 3.84. The molecule has 0 saturated heterocycles. The van der Waals surface area contributed by atoms with E-state index >= 15 is 0 Å². The zero-order valence-electron chi connectivity index (χ0n) is 13.7. The molecule has 1 nitrogen and oxygen atoms in total. The zero-order valence-corrected chi connectivity index (χ0v) is 15.4. The largest absolute Gasteiger partial charge is 0.247 e. The van der Waals surface area contributed by atoms with Crippen molar-refractivity contribution in [3.05, 3.63) is 96.1 Å². The lowest BCUT2D eigenvalue weighted by Crippen LogP contribution is -1.85. The van der Waals surface area contributed by atoms with Crippen molar-refractivity contribution in [2.75, 3.05) is 0 Å².